The van der Waals surface area contributed by atoms with Crippen molar-refractivity contribution in [2.45, 2.75) is 31.4 Å². The summed E-state index contributed by atoms with van der Waals surface area (Å²) in [5.41, 5.74) is -0.155. The monoisotopic (exact) mass is 227 g/mol. The molecule has 2 heterocycles. The lowest BCUT2D eigenvalue weighted by Crippen LogP contribution is -2.57. The average Bonchev–Trinajstić information content (AvgIpc) is 2.75. The Morgan fingerprint density at radius 3 is 3.06 bits per heavy atom. The van der Waals surface area contributed by atoms with E-state index in [-0.39, 0.29) is 17.6 Å². The van der Waals surface area contributed by atoms with E-state index < -0.39 is 0 Å². The molecule has 2 saturated heterocycles. The fraction of sp³-hybridized carbons (Fsp3) is 0.909. The van der Waals surface area contributed by atoms with Crippen LogP contribution in [0.5, 0.6) is 0 Å². The Labute approximate surface area is 96.3 Å². The smallest absolute Gasteiger partial charge is 0.238 e. The quantitative estimate of drug-likeness (QED) is 0.593. The van der Waals surface area contributed by atoms with E-state index in [2.05, 4.69) is 22.9 Å². The van der Waals surface area contributed by atoms with Gasteiger partial charge in [0.1, 0.15) is 0 Å². The molecule has 0 radical (unpaired) electrons. The van der Waals surface area contributed by atoms with Crippen molar-refractivity contribution in [3.63, 3.8) is 0 Å². The van der Waals surface area contributed by atoms with Crippen molar-refractivity contribution in [3.8, 4) is 0 Å². The van der Waals surface area contributed by atoms with Crippen LogP contribution in [0.15, 0.2) is 0 Å². The van der Waals surface area contributed by atoms with Crippen LogP contribution in [0.2, 0.25) is 0 Å². The number of carbonyl (C=O) groups excluding carboxylic acids is 1. The fourth-order valence-corrected chi connectivity index (χ4v) is 2.21. The fourth-order valence-electron chi connectivity index (χ4n) is 2.21. The molecule has 0 spiro atoms. The van der Waals surface area contributed by atoms with Gasteiger partial charge < -0.3 is 20.7 Å². The minimum Gasteiger partial charge on any atom is -0.373 e. The van der Waals surface area contributed by atoms with Gasteiger partial charge in [-0.3, -0.25) is 4.79 Å². The topological polar surface area (TPSA) is 62.4 Å². The van der Waals surface area contributed by atoms with Gasteiger partial charge in [-0.2, -0.15) is 0 Å². The number of amides is 1. The van der Waals surface area contributed by atoms with Gasteiger partial charge in [0.05, 0.1) is 11.6 Å². The summed E-state index contributed by atoms with van der Waals surface area (Å²) in [7, 11) is 0. The maximum Gasteiger partial charge on any atom is 0.238 e. The third kappa shape index (κ3) is 2.93. The van der Waals surface area contributed by atoms with Crippen LogP contribution in [0.4, 0.5) is 0 Å². The van der Waals surface area contributed by atoms with Gasteiger partial charge in [-0.25, -0.2) is 0 Å². The van der Waals surface area contributed by atoms with Crippen molar-refractivity contribution in [2.24, 2.45) is 0 Å². The van der Waals surface area contributed by atoms with E-state index in [1.807, 2.05) is 0 Å². The highest BCUT2D eigenvalue weighted by atomic mass is 16.5. The highest BCUT2D eigenvalue weighted by Gasteiger charge is 2.31. The molecule has 92 valence electrons. The molecular weight excluding hydrogens is 206 g/mol. The summed E-state index contributed by atoms with van der Waals surface area (Å²) in [6.07, 6.45) is 2.12. The highest BCUT2D eigenvalue weighted by Crippen LogP contribution is 2.23. The Kier molecular flexibility index (Phi) is 3.78. The third-order valence-electron chi connectivity index (χ3n) is 3.29. The summed E-state index contributed by atoms with van der Waals surface area (Å²) < 4.78 is 5.63. The number of ether oxygens (including phenoxy) is 1. The molecular formula is C11H21N3O2. The van der Waals surface area contributed by atoms with E-state index in [4.69, 9.17) is 4.74 Å². The lowest BCUT2D eigenvalue weighted by molar-refractivity contribution is -0.124. The average molecular weight is 227 g/mol. The Morgan fingerprint density at radius 2 is 2.44 bits per heavy atom. The van der Waals surface area contributed by atoms with E-state index in [0.29, 0.717) is 13.1 Å². The molecule has 0 aromatic heterocycles. The van der Waals surface area contributed by atoms with Crippen molar-refractivity contribution in [3.05, 3.63) is 0 Å². The van der Waals surface area contributed by atoms with Gasteiger partial charge in [0.25, 0.3) is 0 Å². The predicted octanol–water partition coefficient (Wildman–Crippen LogP) is -0.767. The standard InChI is InChI=1S/C11H21N3O2/c1-11(3-2-6-16-11)8-14-10(15)9-7-12-4-5-13-9/h9,12-13H,2-8H2,1H3,(H,14,15). The summed E-state index contributed by atoms with van der Waals surface area (Å²) in [5.74, 6) is 0.0731. The lowest BCUT2D eigenvalue weighted by atomic mass is 10.0. The Balaban J connectivity index is 1.74. The predicted molar refractivity (Wildman–Crippen MR) is 61.3 cm³/mol. The summed E-state index contributed by atoms with van der Waals surface area (Å²) in [4.78, 5) is 11.8. The summed E-state index contributed by atoms with van der Waals surface area (Å²) in [6.45, 7) is 5.99. The number of hydrogen-bond acceptors (Lipinski definition) is 4. The minimum absolute atomic E-state index is 0.0731. The van der Waals surface area contributed by atoms with E-state index >= 15 is 0 Å². The zero-order chi connectivity index (χ0) is 11.4. The van der Waals surface area contributed by atoms with Gasteiger partial charge >= 0.3 is 0 Å². The van der Waals surface area contributed by atoms with Crippen molar-refractivity contribution in [1.82, 2.24) is 16.0 Å². The van der Waals surface area contributed by atoms with Crippen molar-refractivity contribution in [1.29, 1.82) is 0 Å². The maximum absolute atomic E-state index is 11.8. The molecule has 5 nitrogen and oxygen atoms in total. The van der Waals surface area contributed by atoms with Crippen LogP contribution in [-0.4, -0.2) is 50.3 Å². The van der Waals surface area contributed by atoms with E-state index in [0.717, 1.165) is 32.5 Å². The molecule has 2 unspecified atom stereocenters. The molecule has 2 fully saturated rings. The minimum atomic E-state index is -0.155. The normalized spacial score (nSPS) is 34.9. The van der Waals surface area contributed by atoms with Crippen LogP contribution in [-0.2, 0) is 9.53 Å². The third-order valence-corrected chi connectivity index (χ3v) is 3.29. The summed E-state index contributed by atoms with van der Waals surface area (Å²) in [6, 6.07) is -0.0984. The zero-order valence-electron chi connectivity index (χ0n) is 9.84. The molecule has 0 saturated carbocycles. The van der Waals surface area contributed by atoms with Crippen LogP contribution in [0.25, 0.3) is 0 Å². The first-order valence-corrected chi connectivity index (χ1v) is 6.05. The number of hydrogen-bond donors (Lipinski definition) is 3. The first-order valence-electron chi connectivity index (χ1n) is 6.05. The van der Waals surface area contributed by atoms with E-state index in [1.165, 1.54) is 0 Å². The van der Waals surface area contributed by atoms with Crippen molar-refractivity contribution < 1.29 is 9.53 Å². The molecule has 2 aliphatic heterocycles. The van der Waals surface area contributed by atoms with Gasteiger partial charge in [-0.15, -0.1) is 0 Å². The SMILES string of the molecule is CC1(CNC(=O)C2CNCCN2)CCCO1. The second-order valence-electron chi connectivity index (χ2n) is 4.83. The number of carbonyl (C=O) groups is 1. The van der Waals surface area contributed by atoms with Gasteiger partial charge in [-0.05, 0) is 19.8 Å². The maximum atomic E-state index is 11.8. The largest absolute Gasteiger partial charge is 0.373 e. The van der Waals surface area contributed by atoms with Gasteiger partial charge in [0.15, 0.2) is 0 Å². The summed E-state index contributed by atoms with van der Waals surface area (Å²) in [5, 5.41) is 9.36. The lowest BCUT2D eigenvalue weighted by Gasteiger charge is -2.27. The number of nitrogens with one attached hydrogen (secondary N) is 3. The summed E-state index contributed by atoms with van der Waals surface area (Å²) >= 11 is 0. The Morgan fingerprint density at radius 1 is 1.56 bits per heavy atom. The molecule has 2 atom stereocenters. The second-order valence-corrected chi connectivity index (χ2v) is 4.83. The Bertz CT molecular complexity index is 246. The van der Waals surface area contributed by atoms with Crippen molar-refractivity contribution >= 4 is 5.91 Å². The number of piperazine rings is 1. The molecule has 2 aliphatic rings. The second kappa shape index (κ2) is 5.12. The van der Waals surface area contributed by atoms with Crippen LogP contribution in [0, 0.1) is 0 Å². The molecule has 0 aromatic rings. The van der Waals surface area contributed by atoms with Gasteiger partial charge in [0.2, 0.25) is 5.91 Å². The van der Waals surface area contributed by atoms with Crippen LogP contribution in [0.3, 0.4) is 0 Å². The van der Waals surface area contributed by atoms with Crippen molar-refractivity contribution in [2.75, 3.05) is 32.8 Å². The van der Waals surface area contributed by atoms with E-state index in [9.17, 15) is 4.79 Å². The van der Waals surface area contributed by atoms with Crippen LogP contribution in [0.1, 0.15) is 19.8 Å². The van der Waals surface area contributed by atoms with E-state index in [1.54, 1.807) is 0 Å². The molecule has 3 N–H and O–H groups in total. The Hall–Kier alpha value is -0.650. The number of rotatable bonds is 3. The zero-order valence-corrected chi connectivity index (χ0v) is 9.84. The van der Waals surface area contributed by atoms with Gasteiger partial charge in [-0.1, -0.05) is 0 Å². The first-order chi connectivity index (χ1) is 7.70. The molecule has 0 aliphatic carbocycles. The highest BCUT2D eigenvalue weighted by molar-refractivity contribution is 5.82. The van der Waals surface area contributed by atoms with Gasteiger partial charge in [0, 0.05) is 32.8 Å². The molecule has 16 heavy (non-hydrogen) atoms. The molecule has 5 heteroatoms. The molecule has 2 rings (SSSR count). The molecule has 1 amide bonds. The molecule has 0 aromatic carbocycles. The van der Waals surface area contributed by atoms with Crippen LogP contribution >= 0.6 is 0 Å². The first kappa shape index (κ1) is 11.8. The molecule has 0 bridgehead atoms. The van der Waals surface area contributed by atoms with Crippen LogP contribution < -0.4 is 16.0 Å².